The lowest BCUT2D eigenvalue weighted by Crippen LogP contribution is -2.53. The van der Waals surface area contributed by atoms with Crippen LogP contribution in [0.25, 0.3) is 0 Å². The minimum absolute atomic E-state index is 0.112. The van der Waals surface area contributed by atoms with Gasteiger partial charge in [-0.25, -0.2) is 8.42 Å². The van der Waals surface area contributed by atoms with Crippen LogP contribution in [0.4, 0.5) is 5.69 Å². The van der Waals surface area contributed by atoms with Gasteiger partial charge in [0.15, 0.2) is 0 Å². The third-order valence-electron chi connectivity index (χ3n) is 6.82. The Kier molecular flexibility index (Phi) is 12.5. The minimum atomic E-state index is -4.02. The summed E-state index contributed by atoms with van der Waals surface area (Å²) in [5.74, 6) is -0.428. The molecule has 3 aromatic rings. The van der Waals surface area contributed by atoms with Crippen molar-refractivity contribution in [1.82, 2.24) is 10.2 Å². The Balaban J connectivity index is 2.13. The van der Waals surface area contributed by atoms with Crippen molar-refractivity contribution in [2.75, 3.05) is 37.9 Å². The van der Waals surface area contributed by atoms with Gasteiger partial charge in [0.25, 0.3) is 0 Å². The molecule has 3 aromatic carbocycles. The molecule has 0 heterocycles. The Morgan fingerprint density at radius 3 is 2.21 bits per heavy atom. The van der Waals surface area contributed by atoms with E-state index in [2.05, 4.69) is 5.32 Å². The van der Waals surface area contributed by atoms with Crippen LogP contribution in [-0.2, 0) is 32.6 Å². The summed E-state index contributed by atoms with van der Waals surface area (Å²) in [6, 6.07) is 17.9. The number of halogens is 2. The van der Waals surface area contributed by atoms with Crippen LogP contribution >= 0.6 is 23.2 Å². The van der Waals surface area contributed by atoms with E-state index in [1.807, 2.05) is 37.3 Å². The zero-order valence-electron chi connectivity index (χ0n) is 24.7. The Hall–Kier alpha value is -3.47. The topological polar surface area (TPSA) is 105 Å². The molecule has 0 aliphatic carbocycles. The molecule has 0 saturated heterocycles. The number of sulfonamides is 1. The lowest BCUT2D eigenvalue weighted by Gasteiger charge is -2.34. The smallest absolute Gasteiger partial charge is 0.244 e. The van der Waals surface area contributed by atoms with Gasteiger partial charge in [0.2, 0.25) is 21.8 Å². The lowest BCUT2D eigenvalue weighted by atomic mass is 10.0. The first-order chi connectivity index (χ1) is 20.5. The predicted molar refractivity (Wildman–Crippen MR) is 171 cm³/mol. The fraction of sp³-hybridized carbons (Fsp3) is 0.355. The molecule has 0 aliphatic heterocycles. The summed E-state index contributed by atoms with van der Waals surface area (Å²) in [6.45, 7) is 1.67. The van der Waals surface area contributed by atoms with Gasteiger partial charge >= 0.3 is 0 Å². The van der Waals surface area contributed by atoms with Gasteiger partial charge in [0, 0.05) is 41.2 Å². The molecule has 1 unspecified atom stereocenters. The largest absolute Gasteiger partial charge is 0.497 e. The highest BCUT2D eigenvalue weighted by Gasteiger charge is 2.34. The summed E-state index contributed by atoms with van der Waals surface area (Å²) in [5.41, 5.74) is 1.36. The second-order valence-electron chi connectivity index (χ2n) is 9.88. The molecule has 43 heavy (non-hydrogen) atoms. The highest BCUT2D eigenvalue weighted by Crippen LogP contribution is 2.34. The van der Waals surface area contributed by atoms with Crippen LogP contribution in [0.15, 0.2) is 66.7 Å². The van der Waals surface area contributed by atoms with Crippen molar-refractivity contribution in [2.24, 2.45) is 0 Å². The summed E-state index contributed by atoms with van der Waals surface area (Å²) in [5, 5.41) is 3.56. The highest BCUT2D eigenvalue weighted by atomic mass is 35.5. The maximum atomic E-state index is 14.3. The maximum Gasteiger partial charge on any atom is 0.244 e. The van der Waals surface area contributed by atoms with E-state index < -0.39 is 28.5 Å². The highest BCUT2D eigenvalue weighted by molar-refractivity contribution is 7.92. The number of rotatable bonds is 15. The number of nitrogens with one attached hydrogen (secondary N) is 1. The van der Waals surface area contributed by atoms with Crippen molar-refractivity contribution in [1.29, 1.82) is 0 Å². The zero-order valence-corrected chi connectivity index (χ0v) is 27.0. The van der Waals surface area contributed by atoms with E-state index in [4.69, 9.17) is 32.7 Å². The lowest BCUT2D eigenvalue weighted by molar-refractivity contribution is -0.140. The van der Waals surface area contributed by atoms with E-state index in [0.29, 0.717) is 27.9 Å². The SMILES string of the molecule is CCCCNC(=O)C(Cc1ccccc1)N(Cc1c(Cl)cccc1Cl)C(=O)CN(c1cc(OC)ccc1OC)S(C)(=O)=O. The van der Waals surface area contributed by atoms with Gasteiger partial charge in [-0.05, 0) is 36.2 Å². The number of ether oxygens (including phenoxy) is 2. The van der Waals surface area contributed by atoms with E-state index in [1.165, 1.54) is 25.2 Å². The van der Waals surface area contributed by atoms with Crippen molar-refractivity contribution in [3.8, 4) is 11.5 Å². The monoisotopic (exact) mass is 649 g/mol. The first-order valence-electron chi connectivity index (χ1n) is 13.7. The molecule has 0 saturated carbocycles. The van der Waals surface area contributed by atoms with Crippen LogP contribution < -0.4 is 19.1 Å². The Morgan fingerprint density at radius 2 is 1.63 bits per heavy atom. The van der Waals surface area contributed by atoms with Crippen LogP contribution in [0.2, 0.25) is 10.0 Å². The van der Waals surface area contributed by atoms with Gasteiger partial charge in [0.05, 0.1) is 26.2 Å². The van der Waals surface area contributed by atoms with Crippen molar-refractivity contribution >= 4 is 50.7 Å². The number of carbonyl (C=O) groups excluding carboxylic acids is 2. The quantitative estimate of drug-likeness (QED) is 0.223. The number of methoxy groups -OCH3 is 2. The summed E-state index contributed by atoms with van der Waals surface area (Å²) in [4.78, 5) is 29.4. The molecule has 12 heteroatoms. The summed E-state index contributed by atoms with van der Waals surface area (Å²) >= 11 is 13.0. The molecule has 2 amide bonds. The number of anilines is 1. The van der Waals surface area contributed by atoms with E-state index in [0.717, 1.165) is 29.0 Å². The molecule has 3 rings (SSSR count). The summed E-state index contributed by atoms with van der Waals surface area (Å²) in [7, 11) is -1.17. The minimum Gasteiger partial charge on any atom is -0.497 e. The number of nitrogens with zero attached hydrogens (tertiary/aromatic N) is 2. The van der Waals surface area contributed by atoms with E-state index in [1.54, 1.807) is 30.3 Å². The molecule has 1 N–H and O–H groups in total. The standard InChI is InChI=1S/C31H37Cl2N3O6S/c1-5-6-17-34-31(38)28(18-22-11-8-7-9-12-22)35(20-24-25(32)13-10-14-26(24)33)30(37)21-36(43(4,39)40)27-19-23(41-2)15-16-29(27)42-3/h7-16,19,28H,5-6,17-18,20-21H2,1-4H3,(H,34,38). The molecule has 0 bridgehead atoms. The maximum absolute atomic E-state index is 14.3. The van der Waals surface area contributed by atoms with Gasteiger partial charge in [0.1, 0.15) is 24.1 Å². The molecular formula is C31H37Cl2N3O6S. The van der Waals surface area contributed by atoms with Crippen molar-refractivity contribution in [2.45, 2.75) is 38.8 Å². The van der Waals surface area contributed by atoms with Gasteiger partial charge in [-0.3, -0.25) is 13.9 Å². The third-order valence-corrected chi connectivity index (χ3v) is 8.66. The van der Waals surface area contributed by atoms with Crippen LogP contribution in [0.5, 0.6) is 11.5 Å². The molecule has 1 atom stereocenters. The van der Waals surface area contributed by atoms with Crippen molar-refractivity contribution < 1.29 is 27.5 Å². The Labute approximate surface area is 263 Å². The normalized spacial score (nSPS) is 11.9. The average Bonchev–Trinajstić information content (AvgIpc) is 2.98. The zero-order chi connectivity index (χ0) is 31.6. The van der Waals surface area contributed by atoms with Gasteiger partial charge < -0.3 is 19.7 Å². The second-order valence-corrected chi connectivity index (χ2v) is 12.6. The van der Waals surface area contributed by atoms with E-state index >= 15 is 0 Å². The summed E-state index contributed by atoms with van der Waals surface area (Å²) < 4.78 is 37.9. The first kappa shape index (κ1) is 34.0. The van der Waals surface area contributed by atoms with Crippen LogP contribution in [-0.4, -0.2) is 64.7 Å². The number of hydrogen-bond acceptors (Lipinski definition) is 6. The number of carbonyl (C=O) groups is 2. The Morgan fingerprint density at radius 1 is 0.953 bits per heavy atom. The van der Waals surface area contributed by atoms with Crippen LogP contribution in [0, 0.1) is 0 Å². The fourth-order valence-electron chi connectivity index (χ4n) is 4.50. The molecule has 0 aliphatic rings. The van der Waals surface area contributed by atoms with E-state index in [9.17, 15) is 18.0 Å². The number of benzene rings is 3. The second kappa shape index (κ2) is 15.8. The van der Waals surface area contributed by atoms with Crippen molar-refractivity contribution in [3.63, 3.8) is 0 Å². The Bertz CT molecular complexity index is 1480. The third kappa shape index (κ3) is 9.26. The molecule has 232 valence electrons. The molecule has 0 fully saturated rings. The van der Waals surface area contributed by atoms with Crippen LogP contribution in [0.3, 0.4) is 0 Å². The number of hydrogen-bond donors (Lipinski definition) is 1. The van der Waals surface area contributed by atoms with E-state index in [-0.39, 0.29) is 30.3 Å². The van der Waals surface area contributed by atoms with Crippen LogP contribution in [0.1, 0.15) is 30.9 Å². The fourth-order valence-corrected chi connectivity index (χ4v) is 5.86. The first-order valence-corrected chi connectivity index (χ1v) is 16.3. The number of unbranched alkanes of at least 4 members (excludes halogenated alkanes) is 1. The molecular weight excluding hydrogens is 613 g/mol. The molecule has 0 spiro atoms. The molecule has 0 radical (unpaired) electrons. The van der Waals surface area contributed by atoms with Gasteiger partial charge in [-0.15, -0.1) is 0 Å². The molecule has 0 aromatic heterocycles. The van der Waals surface area contributed by atoms with Gasteiger partial charge in [-0.2, -0.15) is 0 Å². The average molecular weight is 651 g/mol. The van der Waals surface area contributed by atoms with Crippen molar-refractivity contribution in [3.05, 3.63) is 87.9 Å². The number of amides is 2. The summed E-state index contributed by atoms with van der Waals surface area (Å²) in [6.07, 6.45) is 2.79. The predicted octanol–water partition coefficient (Wildman–Crippen LogP) is 5.33. The van der Waals surface area contributed by atoms with Gasteiger partial charge in [-0.1, -0.05) is 72.9 Å². The molecule has 9 nitrogen and oxygen atoms in total.